The Kier molecular flexibility index (Phi) is 6.12. The molecule has 0 saturated carbocycles. The minimum absolute atomic E-state index is 0.113. The summed E-state index contributed by atoms with van der Waals surface area (Å²) < 4.78 is 1.65. The zero-order valence-corrected chi connectivity index (χ0v) is 14.4. The van der Waals surface area contributed by atoms with Gasteiger partial charge in [-0.25, -0.2) is 9.67 Å². The first-order valence-corrected chi connectivity index (χ1v) is 8.13. The first-order valence-electron chi connectivity index (χ1n) is 7.75. The molecule has 2 aromatic rings. The number of halogens is 1. The molecule has 1 aromatic carbocycles. The van der Waals surface area contributed by atoms with Gasteiger partial charge in [-0.2, -0.15) is 0 Å². The molecular weight excluding hydrogens is 314 g/mol. The van der Waals surface area contributed by atoms with Gasteiger partial charge in [0.2, 0.25) is 5.82 Å². The third kappa shape index (κ3) is 4.30. The van der Waals surface area contributed by atoms with E-state index in [4.69, 9.17) is 11.6 Å². The summed E-state index contributed by atoms with van der Waals surface area (Å²) in [4.78, 5) is 16.6. The number of rotatable bonds is 7. The summed E-state index contributed by atoms with van der Waals surface area (Å²) in [6.45, 7) is 8.14. The fourth-order valence-corrected chi connectivity index (χ4v) is 2.33. The van der Waals surface area contributed by atoms with Gasteiger partial charge < -0.3 is 10.6 Å². The molecule has 2 rings (SSSR count). The number of carbonyl (C=O) groups excluding carboxylic acids is 1. The van der Waals surface area contributed by atoms with Gasteiger partial charge in [0, 0.05) is 19.0 Å². The number of para-hydroxylation sites is 1. The number of aromatic nitrogens is 3. The Morgan fingerprint density at radius 1 is 1.30 bits per heavy atom. The molecule has 1 heterocycles. The maximum Gasteiger partial charge on any atom is 0.291 e. The van der Waals surface area contributed by atoms with Crippen LogP contribution in [0.4, 0.5) is 0 Å². The van der Waals surface area contributed by atoms with Crippen LogP contribution < -0.4 is 10.6 Å². The topological polar surface area (TPSA) is 71.8 Å². The lowest BCUT2D eigenvalue weighted by Gasteiger charge is -2.09. The number of benzene rings is 1. The van der Waals surface area contributed by atoms with E-state index in [9.17, 15) is 4.79 Å². The quantitative estimate of drug-likeness (QED) is 0.762. The first kappa shape index (κ1) is 17.4. The van der Waals surface area contributed by atoms with Gasteiger partial charge in [0.1, 0.15) is 5.82 Å². The number of carbonyl (C=O) groups is 1. The maximum atomic E-state index is 12.2. The number of hydrogen-bond donors (Lipinski definition) is 2. The molecule has 2 N–H and O–H groups in total. The Bertz CT molecular complexity index is 668. The summed E-state index contributed by atoms with van der Waals surface area (Å²) in [5.74, 6) is 0.692. The largest absolute Gasteiger partial charge is 0.348 e. The molecule has 1 aromatic heterocycles. The monoisotopic (exact) mass is 335 g/mol. The van der Waals surface area contributed by atoms with Gasteiger partial charge in [0.25, 0.3) is 5.91 Å². The number of nitrogens with one attached hydrogen (secondary N) is 2. The molecule has 124 valence electrons. The smallest absolute Gasteiger partial charge is 0.291 e. The van der Waals surface area contributed by atoms with Gasteiger partial charge >= 0.3 is 0 Å². The van der Waals surface area contributed by atoms with Crippen LogP contribution >= 0.6 is 11.6 Å². The van der Waals surface area contributed by atoms with E-state index in [0.717, 1.165) is 12.2 Å². The summed E-state index contributed by atoms with van der Waals surface area (Å²) >= 11 is 6.25. The van der Waals surface area contributed by atoms with Crippen molar-refractivity contribution < 1.29 is 4.79 Å². The van der Waals surface area contributed by atoms with E-state index >= 15 is 0 Å². The Balaban J connectivity index is 2.25. The molecule has 23 heavy (non-hydrogen) atoms. The highest BCUT2D eigenvalue weighted by molar-refractivity contribution is 6.32. The number of hydrogen-bond acceptors (Lipinski definition) is 4. The van der Waals surface area contributed by atoms with Crippen molar-refractivity contribution in [1.29, 1.82) is 0 Å². The summed E-state index contributed by atoms with van der Waals surface area (Å²) in [5.41, 5.74) is 0.720. The molecule has 0 atom stereocenters. The van der Waals surface area contributed by atoms with Crippen LogP contribution in [0.25, 0.3) is 5.69 Å². The normalized spacial score (nSPS) is 11.0. The predicted octanol–water partition coefficient (Wildman–Crippen LogP) is 2.38. The second-order valence-electron chi connectivity index (χ2n) is 5.42. The molecular formula is C16H22ClN5O. The molecule has 0 aliphatic rings. The van der Waals surface area contributed by atoms with Crippen LogP contribution in [-0.2, 0) is 0 Å². The summed E-state index contributed by atoms with van der Waals surface area (Å²) in [6.07, 6.45) is 0. The van der Waals surface area contributed by atoms with E-state index in [1.165, 1.54) is 0 Å². The fourth-order valence-electron chi connectivity index (χ4n) is 2.12. The van der Waals surface area contributed by atoms with Crippen LogP contribution in [0.1, 0.15) is 43.1 Å². The zero-order chi connectivity index (χ0) is 16.8. The molecule has 0 bridgehead atoms. The van der Waals surface area contributed by atoms with Crippen molar-refractivity contribution in [2.75, 3.05) is 19.6 Å². The number of amides is 1. The second kappa shape index (κ2) is 8.08. The second-order valence-corrected chi connectivity index (χ2v) is 5.83. The van der Waals surface area contributed by atoms with Crippen molar-refractivity contribution in [2.45, 2.75) is 26.7 Å². The van der Waals surface area contributed by atoms with Crippen molar-refractivity contribution in [3.8, 4) is 5.69 Å². The Hall–Kier alpha value is -1.92. The molecule has 0 spiro atoms. The van der Waals surface area contributed by atoms with Crippen molar-refractivity contribution in [3.63, 3.8) is 0 Å². The van der Waals surface area contributed by atoms with E-state index < -0.39 is 0 Å². The van der Waals surface area contributed by atoms with Crippen molar-refractivity contribution >= 4 is 17.5 Å². The molecule has 0 aliphatic carbocycles. The molecule has 6 nitrogen and oxygen atoms in total. The van der Waals surface area contributed by atoms with E-state index in [2.05, 4.69) is 20.7 Å². The minimum Gasteiger partial charge on any atom is -0.348 e. The van der Waals surface area contributed by atoms with E-state index in [1.807, 2.05) is 39.0 Å². The fraction of sp³-hybridized carbons (Fsp3) is 0.438. The number of nitrogens with zero attached hydrogens (tertiary/aromatic N) is 3. The lowest BCUT2D eigenvalue weighted by molar-refractivity contribution is 0.0943. The maximum absolute atomic E-state index is 12.2. The van der Waals surface area contributed by atoms with Crippen molar-refractivity contribution in [3.05, 3.63) is 40.9 Å². The molecule has 0 aliphatic heterocycles. The lowest BCUT2D eigenvalue weighted by atomic mass is 10.2. The summed E-state index contributed by atoms with van der Waals surface area (Å²) in [7, 11) is 0. The van der Waals surface area contributed by atoms with Gasteiger partial charge in [-0.05, 0) is 18.7 Å². The van der Waals surface area contributed by atoms with E-state index in [0.29, 0.717) is 23.9 Å². The highest BCUT2D eigenvalue weighted by Crippen LogP contribution is 2.23. The molecule has 0 radical (unpaired) electrons. The lowest BCUT2D eigenvalue weighted by Crippen LogP contribution is -2.32. The molecule has 0 unspecified atom stereocenters. The zero-order valence-electron chi connectivity index (χ0n) is 13.6. The number of likely N-dealkylation sites (N-methyl/N-ethyl adjacent to an activating group) is 1. The third-order valence-corrected chi connectivity index (χ3v) is 3.59. The van der Waals surface area contributed by atoms with Crippen LogP contribution in [0.2, 0.25) is 5.02 Å². The third-order valence-electron chi connectivity index (χ3n) is 3.27. The highest BCUT2D eigenvalue weighted by atomic mass is 35.5. The van der Waals surface area contributed by atoms with Crippen LogP contribution in [0.15, 0.2) is 24.3 Å². The van der Waals surface area contributed by atoms with Gasteiger partial charge in [0.05, 0.1) is 10.7 Å². The van der Waals surface area contributed by atoms with Crippen molar-refractivity contribution in [2.24, 2.45) is 0 Å². The van der Waals surface area contributed by atoms with Gasteiger partial charge in [-0.1, -0.05) is 44.5 Å². The van der Waals surface area contributed by atoms with Crippen molar-refractivity contribution in [1.82, 2.24) is 25.4 Å². The molecule has 7 heteroatoms. The predicted molar refractivity (Wildman–Crippen MR) is 91.3 cm³/mol. The molecule has 0 saturated heterocycles. The van der Waals surface area contributed by atoms with Crippen LogP contribution in [0.5, 0.6) is 0 Å². The standard InChI is InChI=1S/C16H22ClN5O/c1-4-18-9-10-19-16(23)14-20-15(11(2)3)22(21-14)13-8-6-5-7-12(13)17/h5-8,11,18H,4,9-10H2,1-3H3,(H,19,23). The van der Waals surface area contributed by atoms with Crippen LogP contribution in [0.3, 0.4) is 0 Å². The minimum atomic E-state index is -0.282. The Morgan fingerprint density at radius 2 is 2.04 bits per heavy atom. The molecule has 1 amide bonds. The van der Waals surface area contributed by atoms with Crippen LogP contribution in [-0.4, -0.2) is 40.3 Å². The molecule has 0 fully saturated rings. The average Bonchev–Trinajstić information content (AvgIpc) is 2.97. The van der Waals surface area contributed by atoms with Gasteiger partial charge in [-0.15, -0.1) is 5.10 Å². The van der Waals surface area contributed by atoms with E-state index in [-0.39, 0.29) is 17.6 Å². The summed E-state index contributed by atoms with van der Waals surface area (Å²) in [5, 5.41) is 10.9. The van der Waals surface area contributed by atoms with Gasteiger partial charge in [0.15, 0.2) is 0 Å². The Morgan fingerprint density at radius 3 is 2.70 bits per heavy atom. The summed E-state index contributed by atoms with van der Waals surface area (Å²) in [6, 6.07) is 7.38. The average molecular weight is 336 g/mol. The van der Waals surface area contributed by atoms with E-state index in [1.54, 1.807) is 10.7 Å². The van der Waals surface area contributed by atoms with Gasteiger partial charge in [-0.3, -0.25) is 4.79 Å². The Labute approximate surface area is 141 Å². The SMILES string of the molecule is CCNCCNC(=O)c1nc(C(C)C)n(-c2ccccc2Cl)n1. The van der Waals surface area contributed by atoms with Crippen LogP contribution in [0, 0.1) is 0 Å². The first-order chi connectivity index (χ1) is 11.0. The highest BCUT2D eigenvalue weighted by Gasteiger charge is 2.20.